The molecule has 0 spiro atoms. The lowest BCUT2D eigenvalue weighted by atomic mass is 10.0. The second-order valence-corrected chi connectivity index (χ2v) is 16.0. The number of carbonyl (C=O) groups excluding carboxylic acids is 1. The highest BCUT2D eigenvalue weighted by molar-refractivity contribution is 7.89. The van der Waals surface area contributed by atoms with Gasteiger partial charge in [-0.05, 0) is 96.0 Å². The molecule has 50 heavy (non-hydrogen) atoms. The number of alkyl halides is 2. The fourth-order valence-corrected chi connectivity index (χ4v) is 9.01. The maximum absolute atomic E-state index is 14.7. The number of amides is 1. The third kappa shape index (κ3) is 7.38. The van der Waals surface area contributed by atoms with Crippen molar-refractivity contribution in [2.24, 2.45) is 5.73 Å². The molecule has 12 heteroatoms. The Morgan fingerprint density at radius 3 is 2.22 bits per heavy atom. The lowest BCUT2D eigenvalue weighted by molar-refractivity contribution is -0.149. The molecule has 2 N–H and O–H groups in total. The molecule has 4 aromatic carbocycles. The molecule has 1 amide bonds. The van der Waals surface area contributed by atoms with Crippen LogP contribution >= 0.6 is 11.6 Å². The first kappa shape index (κ1) is 34.8. The molecule has 3 aliphatic rings. The van der Waals surface area contributed by atoms with Crippen LogP contribution in [-0.2, 0) is 21.4 Å². The molecule has 264 valence electrons. The van der Waals surface area contributed by atoms with Crippen molar-refractivity contribution in [2.75, 3.05) is 32.7 Å². The van der Waals surface area contributed by atoms with E-state index in [-0.39, 0.29) is 37.1 Å². The van der Waals surface area contributed by atoms with Gasteiger partial charge in [-0.15, -0.1) is 0 Å². The van der Waals surface area contributed by atoms with Gasteiger partial charge in [-0.2, -0.15) is 4.31 Å². The van der Waals surface area contributed by atoms with Crippen molar-refractivity contribution < 1.29 is 26.7 Å². The van der Waals surface area contributed by atoms with E-state index in [0.717, 1.165) is 63.8 Å². The Bertz CT molecular complexity index is 1960. The smallest absolute Gasteiger partial charge is 0.280 e. The van der Waals surface area contributed by atoms with E-state index in [2.05, 4.69) is 0 Å². The van der Waals surface area contributed by atoms with E-state index in [9.17, 15) is 22.0 Å². The standard InChI is InChI=1S/C38H41ClF2N4O4S/c39-31-13-9-28(10-14-31)27-7-5-26(6-8-27)23-43-19-20-45(35(24-43)37(46)44-18-17-36(42)38(40,41)25-44)50(47,48)34-16-12-29-21-33(15-11-30(29)22-34)49-32-3-1-2-4-32/h5-16,21-22,32,35-36H,1-4,17-20,23-25,42H2/t35-,36-/m1/s1. The number of fused-ring (bicyclic) bond motifs is 1. The number of likely N-dealkylation sites (tertiary alicyclic amines) is 1. The van der Waals surface area contributed by atoms with Crippen molar-refractivity contribution >= 4 is 38.3 Å². The Morgan fingerprint density at radius 1 is 0.860 bits per heavy atom. The number of nitrogens with two attached hydrogens (primary N) is 1. The first-order valence-electron chi connectivity index (χ1n) is 17.2. The number of carbonyl (C=O) groups is 1. The SMILES string of the molecule is N[C@@H]1CCN(C(=O)[C@H]2CN(Cc3ccc(-c4ccc(Cl)cc4)cc3)CCN2S(=O)(=O)c2ccc3cc(OC4CCCC4)ccc3c2)CC1(F)F. The number of nitrogens with zero attached hydrogens (tertiary/aromatic N) is 3. The van der Waals surface area contributed by atoms with Gasteiger partial charge in [0.05, 0.1) is 23.6 Å². The van der Waals surface area contributed by atoms with Gasteiger partial charge in [-0.3, -0.25) is 9.69 Å². The second-order valence-electron chi connectivity index (χ2n) is 13.7. The first-order valence-corrected chi connectivity index (χ1v) is 19.0. The molecule has 0 bridgehead atoms. The molecule has 2 atom stereocenters. The summed E-state index contributed by atoms with van der Waals surface area (Å²) in [5, 5.41) is 2.22. The quantitative estimate of drug-likeness (QED) is 0.222. The minimum Gasteiger partial charge on any atom is -0.490 e. The number of piperazine rings is 1. The molecule has 0 radical (unpaired) electrons. The Labute approximate surface area is 296 Å². The van der Waals surface area contributed by atoms with Crippen LogP contribution in [0.2, 0.25) is 5.02 Å². The Hall–Kier alpha value is -3.61. The molecule has 3 fully saturated rings. The van der Waals surface area contributed by atoms with E-state index in [1.165, 1.54) is 4.31 Å². The average molecular weight is 723 g/mol. The zero-order chi connectivity index (χ0) is 35.0. The molecule has 1 aliphatic carbocycles. The lowest BCUT2D eigenvalue weighted by Gasteiger charge is -2.43. The van der Waals surface area contributed by atoms with Gasteiger partial charge in [0.1, 0.15) is 11.8 Å². The molecule has 2 saturated heterocycles. The minimum absolute atomic E-state index is 0.0253. The van der Waals surface area contributed by atoms with E-state index in [4.69, 9.17) is 22.1 Å². The number of ether oxygens (including phenoxy) is 1. The van der Waals surface area contributed by atoms with Gasteiger partial charge in [0.25, 0.3) is 5.92 Å². The van der Waals surface area contributed by atoms with Gasteiger partial charge >= 0.3 is 0 Å². The van der Waals surface area contributed by atoms with Crippen LogP contribution in [-0.4, -0.2) is 85.3 Å². The van der Waals surface area contributed by atoms with Gasteiger partial charge in [0.2, 0.25) is 15.9 Å². The summed E-state index contributed by atoms with van der Waals surface area (Å²) in [5.41, 5.74) is 8.69. The largest absolute Gasteiger partial charge is 0.490 e. The van der Waals surface area contributed by atoms with E-state index < -0.39 is 40.5 Å². The molecule has 0 unspecified atom stereocenters. The van der Waals surface area contributed by atoms with E-state index in [1.807, 2.05) is 71.6 Å². The van der Waals surface area contributed by atoms with Gasteiger partial charge in [0, 0.05) is 37.7 Å². The van der Waals surface area contributed by atoms with Gasteiger partial charge in [-0.1, -0.05) is 60.1 Å². The van der Waals surface area contributed by atoms with E-state index in [1.54, 1.807) is 18.2 Å². The minimum atomic E-state index is -4.18. The van der Waals surface area contributed by atoms with Crippen molar-refractivity contribution in [2.45, 2.75) is 67.7 Å². The van der Waals surface area contributed by atoms with Crippen molar-refractivity contribution in [3.05, 3.63) is 95.5 Å². The Morgan fingerprint density at radius 2 is 1.52 bits per heavy atom. The van der Waals surface area contributed by atoms with Gasteiger partial charge in [-0.25, -0.2) is 17.2 Å². The molecule has 7 rings (SSSR count). The van der Waals surface area contributed by atoms with Crippen molar-refractivity contribution in [1.82, 2.24) is 14.1 Å². The van der Waals surface area contributed by atoms with Crippen LogP contribution in [0.4, 0.5) is 8.78 Å². The maximum atomic E-state index is 14.7. The molecule has 1 saturated carbocycles. The maximum Gasteiger partial charge on any atom is 0.280 e. The van der Waals surface area contributed by atoms with Gasteiger partial charge < -0.3 is 15.4 Å². The summed E-state index contributed by atoms with van der Waals surface area (Å²) in [6.07, 6.45) is 4.50. The molecule has 4 aromatic rings. The van der Waals surface area contributed by atoms with Crippen LogP contribution < -0.4 is 10.5 Å². The van der Waals surface area contributed by atoms with Crippen molar-refractivity contribution in [3.63, 3.8) is 0 Å². The average Bonchev–Trinajstić information content (AvgIpc) is 3.62. The van der Waals surface area contributed by atoms with Crippen LogP contribution in [0.3, 0.4) is 0 Å². The fourth-order valence-electron chi connectivity index (χ4n) is 7.28. The summed E-state index contributed by atoms with van der Waals surface area (Å²) in [7, 11) is -4.18. The molecule has 2 heterocycles. The third-order valence-corrected chi connectivity index (χ3v) is 12.4. The number of halogens is 3. The highest BCUT2D eigenvalue weighted by Gasteiger charge is 2.48. The second kappa shape index (κ2) is 14.2. The predicted octanol–water partition coefficient (Wildman–Crippen LogP) is 6.55. The first-order chi connectivity index (χ1) is 24.0. The predicted molar refractivity (Wildman–Crippen MR) is 191 cm³/mol. The zero-order valence-electron chi connectivity index (χ0n) is 27.7. The summed E-state index contributed by atoms with van der Waals surface area (Å²) in [4.78, 5) is 17.2. The van der Waals surface area contributed by atoms with Crippen molar-refractivity contribution in [1.29, 1.82) is 0 Å². The third-order valence-electron chi connectivity index (χ3n) is 10.2. The topological polar surface area (TPSA) is 96.2 Å². The number of benzene rings is 4. The molecule has 0 aromatic heterocycles. The summed E-state index contributed by atoms with van der Waals surface area (Å²) in [5.74, 6) is -3.16. The van der Waals surface area contributed by atoms with Gasteiger partial charge in [0.15, 0.2) is 0 Å². The molecular formula is C38H41ClF2N4O4S. The summed E-state index contributed by atoms with van der Waals surface area (Å²) in [6.45, 7) is 0.0928. The normalized spacial score (nSPS) is 22.2. The molecular weight excluding hydrogens is 682 g/mol. The Kier molecular flexibility index (Phi) is 9.88. The number of sulfonamides is 1. The van der Waals surface area contributed by atoms with E-state index in [0.29, 0.717) is 18.1 Å². The number of hydrogen-bond donors (Lipinski definition) is 1. The molecule has 8 nitrogen and oxygen atoms in total. The summed E-state index contributed by atoms with van der Waals surface area (Å²) in [6, 6.07) is 23.5. The molecule has 2 aliphatic heterocycles. The lowest BCUT2D eigenvalue weighted by Crippen LogP contribution is -2.64. The van der Waals surface area contributed by atoms with E-state index >= 15 is 0 Å². The van der Waals surface area contributed by atoms with Crippen LogP contribution in [0.15, 0.2) is 89.8 Å². The van der Waals surface area contributed by atoms with Crippen molar-refractivity contribution in [3.8, 4) is 16.9 Å². The summed E-state index contributed by atoms with van der Waals surface area (Å²) < 4.78 is 65.4. The number of piperidine rings is 1. The van der Waals surface area contributed by atoms with Crippen LogP contribution in [0, 0.1) is 0 Å². The fraction of sp³-hybridized carbons (Fsp3) is 0.395. The zero-order valence-corrected chi connectivity index (χ0v) is 29.3. The Balaban J connectivity index is 1.13. The highest BCUT2D eigenvalue weighted by atomic mass is 35.5. The summed E-state index contributed by atoms with van der Waals surface area (Å²) >= 11 is 6.04. The number of hydrogen-bond acceptors (Lipinski definition) is 6. The monoisotopic (exact) mass is 722 g/mol. The van der Waals surface area contributed by atoms with Crippen LogP contribution in [0.1, 0.15) is 37.7 Å². The van der Waals surface area contributed by atoms with Crippen LogP contribution in [0.5, 0.6) is 5.75 Å². The highest BCUT2D eigenvalue weighted by Crippen LogP contribution is 2.32. The van der Waals surface area contributed by atoms with Crippen LogP contribution in [0.25, 0.3) is 21.9 Å². The number of rotatable bonds is 8.